The first-order valence-corrected chi connectivity index (χ1v) is 7.00. The lowest BCUT2D eigenvalue weighted by Crippen LogP contribution is -2.31. The third-order valence-corrected chi connectivity index (χ3v) is 4.03. The molecule has 122 valence electrons. The van der Waals surface area contributed by atoms with E-state index in [0.717, 1.165) is 19.0 Å². The van der Waals surface area contributed by atoms with E-state index in [4.69, 9.17) is 5.11 Å². The van der Waals surface area contributed by atoms with E-state index in [1.165, 1.54) is 12.1 Å². The molecule has 0 amide bonds. The normalized spacial score (nSPS) is 19.8. The third kappa shape index (κ3) is 3.78. The van der Waals surface area contributed by atoms with Crippen LogP contribution in [0.25, 0.3) is 0 Å². The summed E-state index contributed by atoms with van der Waals surface area (Å²) in [6, 6.07) is 3.56. The van der Waals surface area contributed by atoms with Crippen molar-refractivity contribution in [2.45, 2.75) is 25.2 Å². The molecule has 2 rings (SSSR count). The Balaban J connectivity index is 2.22. The lowest BCUT2D eigenvalue weighted by molar-refractivity contribution is -0.138. The zero-order valence-corrected chi connectivity index (χ0v) is 12.5. The fourth-order valence-electron chi connectivity index (χ4n) is 2.73. The highest BCUT2D eigenvalue weighted by atomic mass is 19.4. The Labute approximate surface area is 127 Å². The van der Waals surface area contributed by atoms with Crippen LogP contribution < -0.4 is 0 Å². The van der Waals surface area contributed by atoms with Gasteiger partial charge < -0.3 is 10.0 Å². The first kappa shape index (κ1) is 16.8. The molecule has 1 N–H and O–H groups in total. The van der Waals surface area contributed by atoms with Gasteiger partial charge in [0.2, 0.25) is 0 Å². The van der Waals surface area contributed by atoms with Crippen LogP contribution in [0.15, 0.2) is 18.2 Å². The van der Waals surface area contributed by atoms with Gasteiger partial charge >= 0.3 is 12.1 Å². The highest BCUT2D eigenvalue weighted by molar-refractivity contribution is 5.88. The summed E-state index contributed by atoms with van der Waals surface area (Å²) in [6.07, 6.45) is -3.64. The molecule has 0 aliphatic carbocycles. The van der Waals surface area contributed by atoms with Crippen molar-refractivity contribution in [3.8, 4) is 0 Å². The van der Waals surface area contributed by atoms with E-state index in [1.54, 1.807) is 0 Å². The van der Waals surface area contributed by atoms with Crippen LogP contribution in [0.3, 0.4) is 0 Å². The smallest absolute Gasteiger partial charge is 0.416 e. The van der Waals surface area contributed by atoms with Gasteiger partial charge in [-0.2, -0.15) is 13.2 Å². The Kier molecular flexibility index (Phi) is 4.77. The van der Waals surface area contributed by atoms with Crippen molar-refractivity contribution >= 4 is 5.97 Å². The van der Waals surface area contributed by atoms with Crippen molar-refractivity contribution in [2.24, 2.45) is 0 Å². The van der Waals surface area contributed by atoms with E-state index in [1.807, 2.05) is 19.0 Å². The number of hydrogen-bond donors (Lipinski definition) is 1. The summed E-state index contributed by atoms with van der Waals surface area (Å²) < 4.78 is 39.5. The molecular formula is C15H19F3N2O2. The number of aromatic carboxylic acids is 1. The second kappa shape index (κ2) is 6.26. The quantitative estimate of drug-likeness (QED) is 0.927. The average molecular weight is 316 g/mol. The van der Waals surface area contributed by atoms with Crippen molar-refractivity contribution in [3.63, 3.8) is 0 Å². The summed E-state index contributed by atoms with van der Waals surface area (Å²) in [6.45, 7) is 1.63. The minimum atomic E-state index is -4.55. The topological polar surface area (TPSA) is 43.8 Å². The Morgan fingerprint density at radius 2 is 2.09 bits per heavy atom. The van der Waals surface area contributed by atoms with Crippen molar-refractivity contribution in [3.05, 3.63) is 34.9 Å². The lowest BCUT2D eigenvalue weighted by Gasteiger charge is -2.22. The van der Waals surface area contributed by atoms with Crippen molar-refractivity contribution in [2.75, 3.05) is 27.2 Å². The van der Waals surface area contributed by atoms with Crippen LogP contribution in [0, 0.1) is 0 Å². The van der Waals surface area contributed by atoms with Crippen molar-refractivity contribution in [1.82, 2.24) is 9.80 Å². The highest BCUT2D eigenvalue weighted by Crippen LogP contribution is 2.34. The summed E-state index contributed by atoms with van der Waals surface area (Å²) in [5.41, 5.74) is -1.08. The van der Waals surface area contributed by atoms with E-state index in [-0.39, 0.29) is 17.7 Å². The van der Waals surface area contributed by atoms with Gasteiger partial charge in [-0.1, -0.05) is 6.07 Å². The van der Waals surface area contributed by atoms with Crippen LogP contribution in [-0.2, 0) is 12.7 Å². The lowest BCUT2D eigenvalue weighted by atomic mass is 10.0. The van der Waals surface area contributed by atoms with Crippen LogP contribution in [0.1, 0.15) is 27.9 Å². The number of likely N-dealkylation sites (N-methyl/N-ethyl adjacent to an activating group) is 1. The molecule has 0 radical (unpaired) electrons. The van der Waals surface area contributed by atoms with Crippen LogP contribution >= 0.6 is 0 Å². The number of carbonyl (C=O) groups is 1. The third-order valence-electron chi connectivity index (χ3n) is 4.03. The highest BCUT2D eigenvalue weighted by Gasteiger charge is 2.35. The Morgan fingerprint density at radius 3 is 2.59 bits per heavy atom. The second-order valence-electron chi connectivity index (χ2n) is 5.82. The van der Waals surface area contributed by atoms with Gasteiger partial charge in [-0.25, -0.2) is 4.79 Å². The molecule has 1 saturated heterocycles. The maximum atomic E-state index is 13.2. The minimum Gasteiger partial charge on any atom is -0.478 e. The van der Waals surface area contributed by atoms with E-state index in [0.29, 0.717) is 12.6 Å². The average Bonchev–Trinajstić information content (AvgIpc) is 2.86. The van der Waals surface area contributed by atoms with Crippen molar-refractivity contribution < 1.29 is 23.1 Å². The number of benzene rings is 1. The van der Waals surface area contributed by atoms with Crippen molar-refractivity contribution in [1.29, 1.82) is 0 Å². The molecule has 1 unspecified atom stereocenters. The number of carboxylic acid groups (broad SMARTS) is 1. The number of nitrogens with zero attached hydrogens (tertiary/aromatic N) is 2. The van der Waals surface area contributed by atoms with Crippen LogP contribution in [-0.4, -0.2) is 54.1 Å². The van der Waals surface area contributed by atoms with Gasteiger partial charge in [0.15, 0.2) is 0 Å². The Morgan fingerprint density at radius 1 is 1.41 bits per heavy atom. The largest absolute Gasteiger partial charge is 0.478 e. The summed E-state index contributed by atoms with van der Waals surface area (Å²) in [7, 11) is 3.91. The molecule has 22 heavy (non-hydrogen) atoms. The predicted molar refractivity (Wildman–Crippen MR) is 75.8 cm³/mol. The summed E-state index contributed by atoms with van der Waals surface area (Å²) in [4.78, 5) is 14.9. The standard InChI is InChI=1S/C15H19F3N2O2/c1-19(2)12-5-6-20(9-12)8-11-4-3-10(14(21)22)7-13(11)15(16,17)18/h3-4,7,12H,5-6,8-9H2,1-2H3,(H,21,22). The van der Waals surface area contributed by atoms with E-state index in [9.17, 15) is 18.0 Å². The minimum absolute atomic E-state index is 0.122. The monoisotopic (exact) mass is 316 g/mol. The number of likely N-dealkylation sites (tertiary alicyclic amines) is 1. The predicted octanol–water partition coefficient (Wildman–Crippen LogP) is 2.54. The van der Waals surface area contributed by atoms with Gasteiger partial charge in [0.25, 0.3) is 0 Å². The molecule has 0 aromatic heterocycles. The van der Waals surface area contributed by atoms with E-state index >= 15 is 0 Å². The van der Waals surface area contributed by atoms with Gasteiger partial charge in [0.05, 0.1) is 11.1 Å². The molecule has 1 aromatic carbocycles. The number of rotatable bonds is 4. The molecule has 1 aromatic rings. The Bertz CT molecular complexity index is 558. The maximum absolute atomic E-state index is 13.2. The number of halogens is 3. The molecule has 1 aliphatic heterocycles. The van der Waals surface area contributed by atoms with Crippen LogP contribution in [0.2, 0.25) is 0 Å². The number of alkyl halides is 3. The SMILES string of the molecule is CN(C)C1CCN(Cc2ccc(C(=O)O)cc2C(F)(F)F)C1. The van der Waals surface area contributed by atoms with Gasteiger partial charge in [0, 0.05) is 25.7 Å². The summed E-state index contributed by atoms with van der Waals surface area (Å²) in [5.74, 6) is -1.36. The fraction of sp³-hybridized carbons (Fsp3) is 0.533. The van der Waals surface area contributed by atoms with Gasteiger partial charge in [0.1, 0.15) is 0 Å². The van der Waals surface area contributed by atoms with E-state index < -0.39 is 17.7 Å². The van der Waals surface area contributed by atoms with Gasteiger partial charge in [-0.05, 0) is 38.2 Å². The number of hydrogen-bond acceptors (Lipinski definition) is 3. The fourth-order valence-corrected chi connectivity index (χ4v) is 2.73. The molecule has 1 aliphatic rings. The summed E-state index contributed by atoms with van der Waals surface area (Å²) >= 11 is 0. The first-order chi connectivity index (χ1) is 10.2. The Hall–Kier alpha value is -1.60. The van der Waals surface area contributed by atoms with Crippen LogP contribution in [0.4, 0.5) is 13.2 Å². The molecule has 1 heterocycles. The molecular weight excluding hydrogens is 297 g/mol. The summed E-state index contributed by atoms with van der Waals surface area (Å²) in [5, 5.41) is 8.86. The molecule has 0 bridgehead atoms. The van der Waals surface area contributed by atoms with Crippen LogP contribution in [0.5, 0.6) is 0 Å². The number of carboxylic acids is 1. The molecule has 1 atom stereocenters. The molecule has 1 fully saturated rings. The van der Waals surface area contributed by atoms with Gasteiger partial charge in [-0.3, -0.25) is 4.90 Å². The second-order valence-corrected chi connectivity index (χ2v) is 5.82. The molecule has 0 saturated carbocycles. The van der Waals surface area contributed by atoms with Gasteiger partial charge in [-0.15, -0.1) is 0 Å². The first-order valence-electron chi connectivity index (χ1n) is 7.00. The maximum Gasteiger partial charge on any atom is 0.416 e. The molecule has 4 nitrogen and oxygen atoms in total. The van der Waals surface area contributed by atoms with E-state index in [2.05, 4.69) is 4.90 Å². The molecule has 7 heteroatoms. The zero-order valence-electron chi connectivity index (χ0n) is 12.5. The zero-order chi connectivity index (χ0) is 16.5. The molecule has 0 spiro atoms.